The first-order valence-electron chi connectivity index (χ1n) is 7.79. The Hall–Kier alpha value is -1.11. The van der Waals surface area contributed by atoms with E-state index in [0.717, 1.165) is 23.8 Å². The molecule has 1 aromatic rings. The lowest BCUT2D eigenvalue weighted by atomic mass is 9.56. The first-order chi connectivity index (χ1) is 9.16. The smallest absolute Gasteiger partial charge is 0.150 e. The number of hydrogen-bond donors (Lipinski definition) is 0. The van der Waals surface area contributed by atoms with Crippen molar-refractivity contribution in [2.45, 2.75) is 72.1 Å². The highest BCUT2D eigenvalue weighted by Gasteiger charge is 2.43. The summed E-state index contributed by atoms with van der Waals surface area (Å²) < 4.78 is 0. The minimum Gasteiger partial charge on any atom is -0.298 e. The molecule has 0 saturated heterocycles. The Labute approximate surface area is 123 Å². The molecule has 1 heteroatoms. The van der Waals surface area contributed by atoms with Crippen molar-refractivity contribution in [3.05, 3.63) is 33.9 Å². The number of carbonyl (C=O) groups excluding carboxylic acids is 1. The second-order valence-electron chi connectivity index (χ2n) is 7.69. The maximum absolute atomic E-state index is 11.5. The highest BCUT2D eigenvalue weighted by atomic mass is 16.1. The standard InChI is InChI=1S/C19H28O/c1-8-14-15(11-20)12(2)9-16-17(14)18(4,5)10-13(3)19(16,6)7/h9,11,13H,8,10H2,1-7H3. The molecule has 1 aliphatic rings. The lowest BCUT2D eigenvalue weighted by molar-refractivity contribution is 0.112. The summed E-state index contributed by atoms with van der Waals surface area (Å²) in [5.41, 5.74) is 6.57. The fraction of sp³-hybridized carbons (Fsp3) is 0.632. The van der Waals surface area contributed by atoms with Crippen LogP contribution in [-0.2, 0) is 17.3 Å². The molecule has 2 rings (SSSR count). The van der Waals surface area contributed by atoms with Gasteiger partial charge < -0.3 is 0 Å². The second kappa shape index (κ2) is 4.72. The number of aldehydes is 1. The van der Waals surface area contributed by atoms with Crippen LogP contribution in [0.15, 0.2) is 6.07 Å². The van der Waals surface area contributed by atoms with Gasteiger partial charge in [0.25, 0.3) is 0 Å². The minimum atomic E-state index is 0.154. The van der Waals surface area contributed by atoms with E-state index in [1.807, 2.05) is 0 Å². The van der Waals surface area contributed by atoms with E-state index >= 15 is 0 Å². The maximum Gasteiger partial charge on any atom is 0.150 e. The monoisotopic (exact) mass is 272 g/mol. The van der Waals surface area contributed by atoms with E-state index in [1.54, 1.807) is 0 Å². The molecule has 1 nitrogen and oxygen atoms in total. The van der Waals surface area contributed by atoms with E-state index in [1.165, 1.54) is 23.1 Å². The van der Waals surface area contributed by atoms with E-state index in [9.17, 15) is 4.79 Å². The Morgan fingerprint density at radius 3 is 2.40 bits per heavy atom. The molecule has 0 aliphatic heterocycles. The fourth-order valence-electron chi connectivity index (χ4n) is 4.10. The van der Waals surface area contributed by atoms with E-state index < -0.39 is 0 Å². The summed E-state index contributed by atoms with van der Waals surface area (Å²) in [6.45, 7) is 16.0. The number of aryl methyl sites for hydroxylation is 1. The number of benzene rings is 1. The Kier molecular flexibility index (Phi) is 3.60. The fourth-order valence-corrected chi connectivity index (χ4v) is 4.10. The van der Waals surface area contributed by atoms with Gasteiger partial charge in [0, 0.05) is 5.56 Å². The zero-order chi connectivity index (χ0) is 15.3. The van der Waals surface area contributed by atoms with Crippen molar-refractivity contribution < 1.29 is 4.79 Å². The van der Waals surface area contributed by atoms with Gasteiger partial charge in [0.15, 0.2) is 6.29 Å². The largest absolute Gasteiger partial charge is 0.298 e. The average molecular weight is 272 g/mol. The Morgan fingerprint density at radius 1 is 1.30 bits per heavy atom. The number of fused-ring (bicyclic) bond motifs is 1. The van der Waals surface area contributed by atoms with Crippen LogP contribution in [0.4, 0.5) is 0 Å². The summed E-state index contributed by atoms with van der Waals surface area (Å²) in [7, 11) is 0. The quantitative estimate of drug-likeness (QED) is 0.695. The Morgan fingerprint density at radius 2 is 1.90 bits per heavy atom. The van der Waals surface area contributed by atoms with Crippen LogP contribution in [0, 0.1) is 12.8 Å². The van der Waals surface area contributed by atoms with Crippen LogP contribution in [0.3, 0.4) is 0 Å². The van der Waals surface area contributed by atoms with Crippen molar-refractivity contribution in [1.82, 2.24) is 0 Å². The molecule has 20 heavy (non-hydrogen) atoms. The van der Waals surface area contributed by atoms with Gasteiger partial charge in [0.05, 0.1) is 0 Å². The molecule has 0 N–H and O–H groups in total. The summed E-state index contributed by atoms with van der Waals surface area (Å²) in [5, 5.41) is 0. The Balaban J connectivity index is 2.89. The third kappa shape index (κ3) is 2.03. The van der Waals surface area contributed by atoms with Crippen molar-refractivity contribution in [2.24, 2.45) is 5.92 Å². The van der Waals surface area contributed by atoms with Gasteiger partial charge in [0.1, 0.15) is 0 Å². The predicted molar refractivity (Wildman–Crippen MR) is 85.8 cm³/mol. The number of rotatable bonds is 2. The van der Waals surface area contributed by atoms with Crippen molar-refractivity contribution in [3.8, 4) is 0 Å². The van der Waals surface area contributed by atoms with Crippen LogP contribution in [0.25, 0.3) is 0 Å². The molecule has 0 saturated carbocycles. The zero-order valence-electron chi connectivity index (χ0n) is 14.1. The SMILES string of the molecule is CCc1c(C=O)c(C)cc2c1C(C)(C)CC(C)C2(C)C. The molecule has 0 bridgehead atoms. The number of hydrogen-bond acceptors (Lipinski definition) is 1. The highest BCUT2D eigenvalue weighted by Crippen LogP contribution is 2.51. The molecular formula is C19H28O. The summed E-state index contributed by atoms with van der Waals surface area (Å²) in [4.78, 5) is 11.5. The van der Waals surface area contributed by atoms with Crippen LogP contribution in [0.2, 0.25) is 0 Å². The molecule has 1 atom stereocenters. The Bertz CT molecular complexity index is 549. The normalized spacial score (nSPS) is 23.2. The van der Waals surface area contributed by atoms with Gasteiger partial charge in [0.2, 0.25) is 0 Å². The number of carbonyl (C=O) groups is 1. The molecule has 0 spiro atoms. The molecule has 1 aliphatic carbocycles. The van der Waals surface area contributed by atoms with E-state index in [4.69, 9.17) is 0 Å². The summed E-state index contributed by atoms with van der Waals surface area (Å²) in [6, 6.07) is 2.27. The van der Waals surface area contributed by atoms with E-state index in [-0.39, 0.29) is 10.8 Å². The molecule has 0 heterocycles. The first kappa shape index (κ1) is 15.3. The average Bonchev–Trinajstić information content (AvgIpc) is 2.34. The van der Waals surface area contributed by atoms with E-state index in [2.05, 4.69) is 54.5 Å². The van der Waals surface area contributed by atoms with E-state index in [0.29, 0.717) is 5.92 Å². The van der Waals surface area contributed by atoms with Crippen LogP contribution in [-0.4, -0.2) is 6.29 Å². The van der Waals surface area contributed by atoms with Crippen molar-refractivity contribution >= 4 is 6.29 Å². The second-order valence-corrected chi connectivity index (χ2v) is 7.69. The summed E-state index contributed by atoms with van der Waals surface area (Å²) in [6.07, 6.45) is 3.17. The topological polar surface area (TPSA) is 17.1 Å². The van der Waals surface area contributed by atoms with Gasteiger partial charge >= 0.3 is 0 Å². The van der Waals surface area contributed by atoms with Crippen LogP contribution in [0.1, 0.15) is 80.6 Å². The lowest BCUT2D eigenvalue weighted by Crippen LogP contribution is -2.41. The van der Waals surface area contributed by atoms with Crippen LogP contribution in [0.5, 0.6) is 0 Å². The molecular weight excluding hydrogens is 244 g/mol. The summed E-state index contributed by atoms with van der Waals surface area (Å²) >= 11 is 0. The third-order valence-corrected chi connectivity index (χ3v) is 5.57. The molecule has 1 aromatic carbocycles. The van der Waals surface area contributed by atoms with Gasteiger partial charge in [-0.1, -0.05) is 47.6 Å². The van der Waals surface area contributed by atoms with Gasteiger partial charge in [-0.15, -0.1) is 0 Å². The zero-order valence-corrected chi connectivity index (χ0v) is 14.1. The third-order valence-electron chi connectivity index (χ3n) is 5.57. The summed E-state index contributed by atoms with van der Waals surface area (Å²) in [5.74, 6) is 0.649. The van der Waals surface area contributed by atoms with Crippen LogP contribution >= 0.6 is 0 Å². The van der Waals surface area contributed by atoms with Crippen molar-refractivity contribution in [1.29, 1.82) is 0 Å². The molecule has 0 aromatic heterocycles. The van der Waals surface area contributed by atoms with Crippen LogP contribution < -0.4 is 0 Å². The lowest BCUT2D eigenvalue weighted by Gasteiger charge is -2.48. The molecule has 0 radical (unpaired) electrons. The van der Waals surface area contributed by atoms with Gasteiger partial charge in [-0.2, -0.15) is 0 Å². The minimum absolute atomic E-state index is 0.154. The maximum atomic E-state index is 11.5. The molecule has 110 valence electrons. The first-order valence-corrected chi connectivity index (χ1v) is 7.79. The molecule has 0 amide bonds. The molecule has 1 unspecified atom stereocenters. The van der Waals surface area contributed by atoms with Crippen molar-refractivity contribution in [2.75, 3.05) is 0 Å². The predicted octanol–water partition coefficient (Wildman–Crippen LogP) is 4.96. The van der Waals surface area contributed by atoms with Gasteiger partial charge in [-0.25, -0.2) is 0 Å². The van der Waals surface area contributed by atoms with Gasteiger partial charge in [-0.3, -0.25) is 4.79 Å². The van der Waals surface area contributed by atoms with Gasteiger partial charge in [-0.05, 0) is 58.8 Å². The molecule has 0 fully saturated rings. The van der Waals surface area contributed by atoms with Crippen molar-refractivity contribution in [3.63, 3.8) is 0 Å². The highest BCUT2D eigenvalue weighted by molar-refractivity contribution is 5.81.